The molecule has 2 aliphatic heterocycles. The Labute approximate surface area is 121 Å². The average Bonchev–Trinajstić information content (AvgIpc) is 2.77. The summed E-state index contributed by atoms with van der Waals surface area (Å²) in [5.74, 6) is 0.942. The highest BCUT2D eigenvalue weighted by molar-refractivity contribution is 7.89. The molecule has 2 rings (SSSR count). The van der Waals surface area contributed by atoms with Crippen molar-refractivity contribution in [3.63, 3.8) is 0 Å². The molecule has 0 radical (unpaired) electrons. The van der Waals surface area contributed by atoms with Gasteiger partial charge >= 0.3 is 0 Å². The van der Waals surface area contributed by atoms with Gasteiger partial charge in [0.2, 0.25) is 15.9 Å². The summed E-state index contributed by atoms with van der Waals surface area (Å²) < 4.78 is 24.6. The zero-order valence-electron chi connectivity index (χ0n) is 11.9. The fourth-order valence-corrected chi connectivity index (χ4v) is 4.39. The minimum absolute atomic E-state index is 0.0418. The van der Waals surface area contributed by atoms with Gasteiger partial charge in [0.15, 0.2) is 0 Å². The molecule has 0 aromatic heterocycles. The average molecular weight is 303 g/mol. The molecule has 7 heteroatoms. The number of carbonyl (C=O) groups is 1. The Hall–Kier alpha value is -0.660. The van der Waals surface area contributed by atoms with E-state index >= 15 is 0 Å². The van der Waals surface area contributed by atoms with Crippen LogP contribution in [0.3, 0.4) is 0 Å². The standard InChI is InChI=1S/C13H25N3O3S/c17-13(3-2-12-4-6-14-7-5-12)15-8-10-16-9-1-11-20(16,18)19/h12,14H,1-11H2,(H,15,17). The van der Waals surface area contributed by atoms with Crippen LogP contribution >= 0.6 is 0 Å². The van der Waals surface area contributed by atoms with Crippen molar-refractivity contribution in [2.24, 2.45) is 5.92 Å². The lowest BCUT2D eigenvalue weighted by molar-refractivity contribution is -0.121. The topological polar surface area (TPSA) is 78.5 Å². The zero-order valence-corrected chi connectivity index (χ0v) is 12.8. The SMILES string of the molecule is O=C(CCC1CCNCC1)NCCN1CCCS1(=O)=O. The molecule has 2 N–H and O–H groups in total. The van der Waals surface area contributed by atoms with E-state index < -0.39 is 10.0 Å². The first-order valence-corrected chi connectivity index (χ1v) is 9.14. The molecule has 0 bridgehead atoms. The summed E-state index contributed by atoms with van der Waals surface area (Å²) in [5.41, 5.74) is 0. The van der Waals surface area contributed by atoms with Crippen LogP contribution in [0.1, 0.15) is 32.1 Å². The van der Waals surface area contributed by atoms with Crippen LogP contribution < -0.4 is 10.6 Å². The van der Waals surface area contributed by atoms with E-state index in [0.29, 0.717) is 38.4 Å². The predicted molar refractivity (Wildman–Crippen MR) is 77.8 cm³/mol. The predicted octanol–water partition coefficient (Wildman–Crippen LogP) is -0.0821. The van der Waals surface area contributed by atoms with E-state index in [0.717, 1.165) is 32.4 Å². The third-order valence-electron chi connectivity index (χ3n) is 4.12. The van der Waals surface area contributed by atoms with Crippen LogP contribution in [0.15, 0.2) is 0 Å². The quantitative estimate of drug-likeness (QED) is 0.719. The summed E-state index contributed by atoms with van der Waals surface area (Å²) in [6, 6.07) is 0. The zero-order chi connectivity index (χ0) is 14.4. The van der Waals surface area contributed by atoms with Gasteiger partial charge in [0.1, 0.15) is 0 Å². The molecular weight excluding hydrogens is 278 g/mol. The van der Waals surface area contributed by atoms with Crippen LogP contribution in [0.25, 0.3) is 0 Å². The lowest BCUT2D eigenvalue weighted by atomic mass is 9.93. The van der Waals surface area contributed by atoms with Gasteiger partial charge < -0.3 is 10.6 Å². The van der Waals surface area contributed by atoms with Crippen LogP contribution in [0.5, 0.6) is 0 Å². The normalized spacial score (nSPS) is 23.8. The molecule has 2 heterocycles. The number of nitrogens with zero attached hydrogens (tertiary/aromatic N) is 1. The fourth-order valence-electron chi connectivity index (χ4n) is 2.86. The molecule has 2 fully saturated rings. The summed E-state index contributed by atoms with van der Waals surface area (Å²) in [4.78, 5) is 11.7. The van der Waals surface area contributed by atoms with Crippen LogP contribution in [0, 0.1) is 5.92 Å². The largest absolute Gasteiger partial charge is 0.355 e. The number of hydrogen-bond donors (Lipinski definition) is 2. The molecule has 0 atom stereocenters. The molecule has 0 spiro atoms. The van der Waals surface area contributed by atoms with Crippen molar-refractivity contribution in [1.29, 1.82) is 0 Å². The molecule has 0 aromatic rings. The second-order valence-corrected chi connectivity index (χ2v) is 7.74. The van der Waals surface area contributed by atoms with Gasteiger partial charge in [-0.1, -0.05) is 0 Å². The maximum atomic E-state index is 11.7. The van der Waals surface area contributed by atoms with E-state index in [1.54, 1.807) is 0 Å². The summed E-state index contributed by atoms with van der Waals surface area (Å²) in [6.45, 7) is 3.52. The monoisotopic (exact) mass is 303 g/mol. The number of carbonyl (C=O) groups excluding carboxylic acids is 1. The lowest BCUT2D eigenvalue weighted by Crippen LogP contribution is -2.36. The molecule has 2 saturated heterocycles. The number of amides is 1. The summed E-state index contributed by atoms with van der Waals surface area (Å²) in [7, 11) is -3.04. The first-order valence-electron chi connectivity index (χ1n) is 7.53. The van der Waals surface area contributed by atoms with Gasteiger partial charge in [0, 0.05) is 26.1 Å². The Morgan fingerprint density at radius 1 is 1.30 bits per heavy atom. The van der Waals surface area contributed by atoms with Gasteiger partial charge in [-0.2, -0.15) is 0 Å². The second-order valence-electron chi connectivity index (χ2n) is 5.65. The number of piperidine rings is 1. The van der Waals surface area contributed by atoms with Crippen LogP contribution in [0.4, 0.5) is 0 Å². The van der Waals surface area contributed by atoms with Crippen molar-refractivity contribution >= 4 is 15.9 Å². The Bertz CT molecular complexity index is 419. The third kappa shape index (κ3) is 4.71. The van der Waals surface area contributed by atoms with Gasteiger partial charge in [-0.3, -0.25) is 4.79 Å². The van der Waals surface area contributed by atoms with Crippen molar-refractivity contribution in [3.8, 4) is 0 Å². The minimum atomic E-state index is -3.04. The van der Waals surface area contributed by atoms with Crippen LogP contribution in [-0.2, 0) is 14.8 Å². The molecule has 0 saturated carbocycles. The smallest absolute Gasteiger partial charge is 0.220 e. The summed E-state index contributed by atoms with van der Waals surface area (Å²) in [6.07, 6.45) is 4.50. The van der Waals surface area contributed by atoms with E-state index in [1.165, 1.54) is 4.31 Å². The van der Waals surface area contributed by atoms with E-state index in [2.05, 4.69) is 10.6 Å². The van der Waals surface area contributed by atoms with Crippen molar-refractivity contribution in [3.05, 3.63) is 0 Å². The number of rotatable bonds is 6. The molecule has 0 aromatic carbocycles. The molecule has 116 valence electrons. The maximum Gasteiger partial charge on any atom is 0.220 e. The van der Waals surface area contributed by atoms with E-state index in [9.17, 15) is 13.2 Å². The first kappa shape index (κ1) is 15.7. The first-order chi connectivity index (χ1) is 9.58. The fraction of sp³-hybridized carbons (Fsp3) is 0.923. The van der Waals surface area contributed by atoms with Crippen LogP contribution in [0.2, 0.25) is 0 Å². The Balaban J connectivity index is 1.58. The van der Waals surface area contributed by atoms with Crippen molar-refractivity contribution < 1.29 is 13.2 Å². The van der Waals surface area contributed by atoms with Gasteiger partial charge in [0.25, 0.3) is 0 Å². The van der Waals surface area contributed by atoms with Crippen molar-refractivity contribution in [1.82, 2.24) is 14.9 Å². The van der Waals surface area contributed by atoms with Gasteiger partial charge in [-0.15, -0.1) is 0 Å². The lowest BCUT2D eigenvalue weighted by Gasteiger charge is -2.22. The number of nitrogens with one attached hydrogen (secondary N) is 2. The Morgan fingerprint density at radius 2 is 2.05 bits per heavy atom. The van der Waals surface area contributed by atoms with E-state index in [4.69, 9.17) is 0 Å². The molecule has 2 aliphatic rings. The van der Waals surface area contributed by atoms with Gasteiger partial charge in [-0.25, -0.2) is 12.7 Å². The van der Waals surface area contributed by atoms with Crippen molar-refractivity contribution in [2.45, 2.75) is 32.1 Å². The van der Waals surface area contributed by atoms with Gasteiger partial charge in [-0.05, 0) is 44.7 Å². The maximum absolute atomic E-state index is 11.7. The minimum Gasteiger partial charge on any atom is -0.355 e. The summed E-state index contributed by atoms with van der Waals surface area (Å²) in [5, 5.41) is 6.14. The second kappa shape index (κ2) is 7.38. The number of hydrogen-bond acceptors (Lipinski definition) is 4. The molecule has 0 aliphatic carbocycles. The third-order valence-corrected chi connectivity index (χ3v) is 6.08. The highest BCUT2D eigenvalue weighted by atomic mass is 32.2. The van der Waals surface area contributed by atoms with Gasteiger partial charge in [0.05, 0.1) is 5.75 Å². The molecule has 1 amide bonds. The van der Waals surface area contributed by atoms with Crippen molar-refractivity contribution in [2.75, 3.05) is 38.5 Å². The highest BCUT2D eigenvalue weighted by Crippen LogP contribution is 2.17. The van der Waals surface area contributed by atoms with Crippen LogP contribution in [-0.4, -0.2) is 57.1 Å². The molecular formula is C13H25N3O3S. The molecule has 20 heavy (non-hydrogen) atoms. The Kier molecular flexibility index (Phi) is 5.80. The molecule has 6 nitrogen and oxygen atoms in total. The Morgan fingerprint density at radius 3 is 2.70 bits per heavy atom. The highest BCUT2D eigenvalue weighted by Gasteiger charge is 2.27. The van der Waals surface area contributed by atoms with E-state index in [-0.39, 0.29) is 11.7 Å². The number of sulfonamides is 1. The molecule has 0 unspecified atom stereocenters. The van der Waals surface area contributed by atoms with E-state index in [1.807, 2.05) is 0 Å². The summed E-state index contributed by atoms with van der Waals surface area (Å²) >= 11 is 0.